The summed E-state index contributed by atoms with van der Waals surface area (Å²) in [7, 11) is 0. The van der Waals surface area contributed by atoms with Crippen LogP contribution in [0.5, 0.6) is 0 Å². The molecule has 8 aromatic rings. The van der Waals surface area contributed by atoms with Gasteiger partial charge in [-0.3, -0.25) is 0 Å². The molecule has 0 aliphatic carbocycles. The van der Waals surface area contributed by atoms with Crippen molar-refractivity contribution in [1.29, 1.82) is 5.26 Å². The summed E-state index contributed by atoms with van der Waals surface area (Å²) in [5, 5.41) is 14.9. The number of fused-ring (bicyclic) bond motifs is 6. The Morgan fingerprint density at radius 3 is 1.50 bits per heavy atom. The summed E-state index contributed by atoms with van der Waals surface area (Å²) in [5.74, 6) is 0. The third-order valence-electron chi connectivity index (χ3n) is 7.73. The fourth-order valence-electron chi connectivity index (χ4n) is 6.05. The van der Waals surface area contributed by atoms with E-state index in [0.717, 1.165) is 11.1 Å². The standard InChI is InChI=1S/C37H21NS2/c38-22-23-9-5-10-24(21-23)35-25(27-15-7-19-33-36(27)29-11-1-3-17-31(29)39-33)13-6-14-26(35)28-16-8-20-34-37(28)30-12-2-4-18-32(30)40-34/h1-21H. The molecule has 0 fully saturated rings. The van der Waals surface area contributed by atoms with Crippen LogP contribution in [0.1, 0.15) is 5.56 Å². The molecule has 0 radical (unpaired) electrons. The lowest BCUT2D eigenvalue weighted by Crippen LogP contribution is -1.92. The van der Waals surface area contributed by atoms with Crippen molar-refractivity contribution in [3.8, 4) is 39.4 Å². The Balaban J connectivity index is 1.52. The van der Waals surface area contributed by atoms with E-state index in [-0.39, 0.29) is 0 Å². The molecule has 8 rings (SSSR count). The van der Waals surface area contributed by atoms with E-state index in [1.165, 1.54) is 62.6 Å². The highest BCUT2D eigenvalue weighted by molar-refractivity contribution is 7.26. The summed E-state index contributed by atoms with van der Waals surface area (Å²) in [6, 6.07) is 47.7. The zero-order valence-electron chi connectivity index (χ0n) is 21.4. The number of nitrogens with zero attached hydrogens (tertiary/aromatic N) is 1. The number of thiophene rings is 2. The van der Waals surface area contributed by atoms with E-state index in [9.17, 15) is 5.26 Å². The third-order valence-corrected chi connectivity index (χ3v) is 10.0. The van der Waals surface area contributed by atoms with Crippen LogP contribution >= 0.6 is 22.7 Å². The van der Waals surface area contributed by atoms with Crippen LogP contribution in [0, 0.1) is 11.3 Å². The third kappa shape index (κ3) is 3.51. The number of hydrogen-bond acceptors (Lipinski definition) is 3. The van der Waals surface area contributed by atoms with E-state index in [0.29, 0.717) is 5.56 Å². The van der Waals surface area contributed by atoms with Crippen molar-refractivity contribution in [2.45, 2.75) is 0 Å². The molecule has 1 nitrogen and oxygen atoms in total. The smallest absolute Gasteiger partial charge is 0.0991 e. The zero-order chi connectivity index (χ0) is 26.6. The Morgan fingerprint density at radius 1 is 0.450 bits per heavy atom. The van der Waals surface area contributed by atoms with Crippen LogP contribution in [0.15, 0.2) is 127 Å². The number of benzene rings is 6. The van der Waals surface area contributed by atoms with Gasteiger partial charge in [0.25, 0.3) is 0 Å². The van der Waals surface area contributed by atoms with E-state index < -0.39 is 0 Å². The first-order valence-electron chi connectivity index (χ1n) is 13.2. The lowest BCUT2D eigenvalue weighted by Gasteiger charge is -2.18. The quantitative estimate of drug-likeness (QED) is 0.217. The van der Waals surface area contributed by atoms with Crippen LogP contribution in [0.3, 0.4) is 0 Å². The van der Waals surface area contributed by atoms with Crippen molar-refractivity contribution in [3.63, 3.8) is 0 Å². The molecule has 2 heterocycles. The Bertz CT molecular complexity index is 2160. The van der Waals surface area contributed by atoms with Gasteiger partial charge in [0.1, 0.15) is 0 Å². The van der Waals surface area contributed by atoms with Crippen molar-refractivity contribution in [2.75, 3.05) is 0 Å². The van der Waals surface area contributed by atoms with Crippen LogP contribution < -0.4 is 0 Å². The fourth-order valence-corrected chi connectivity index (χ4v) is 8.32. The highest BCUT2D eigenvalue weighted by Crippen LogP contribution is 2.48. The van der Waals surface area contributed by atoms with Gasteiger partial charge < -0.3 is 0 Å². The molecular formula is C37H21NS2. The predicted molar refractivity (Wildman–Crippen MR) is 173 cm³/mol. The molecule has 0 saturated heterocycles. The first-order chi connectivity index (χ1) is 19.8. The molecule has 0 unspecified atom stereocenters. The van der Waals surface area contributed by atoms with Gasteiger partial charge in [-0.25, -0.2) is 0 Å². The molecule has 0 amide bonds. The molecule has 0 atom stereocenters. The minimum Gasteiger partial charge on any atom is -0.192 e. The summed E-state index contributed by atoms with van der Waals surface area (Å²) in [5.41, 5.74) is 7.67. The zero-order valence-corrected chi connectivity index (χ0v) is 23.0. The Hall–Kier alpha value is -4.75. The second-order valence-electron chi connectivity index (χ2n) is 9.97. The minimum atomic E-state index is 0.664. The molecule has 3 heteroatoms. The monoisotopic (exact) mass is 543 g/mol. The van der Waals surface area contributed by atoms with Gasteiger partial charge >= 0.3 is 0 Å². The van der Waals surface area contributed by atoms with Gasteiger partial charge in [0.2, 0.25) is 0 Å². The van der Waals surface area contributed by atoms with Gasteiger partial charge in [-0.2, -0.15) is 5.26 Å². The van der Waals surface area contributed by atoms with E-state index in [1.54, 1.807) is 0 Å². The Kier molecular flexibility index (Phi) is 5.31. The molecule has 40 heavy (non-hydrogen) atoms. The van der Waals surface area contributed by atoms with Gasteiger partial charge in [0.05, 0.1) is 11.6 Å². The van der Waals surface area contributed by atoms with E-state index in [4.69, 9.17) is 0 Å². The first kappa shape index (κ1) is 23.2. The van der Waals surface area contributed by atoms with Crippen LogP contribution in [0.25, 0.3) is 73.7 Å². The van der Waals surface area contributed by atoms with Gasteiger partial charge in [-0.1, -0.05) is 91.0 Å². The van der Waals surface area contributed by atoms with E-state index in [1.807, 2.05) is 40.9 Å². The Morgan fingerprint density at radius 2 is 0.925 bits per heavy atom. The summed E-state index contributed by atoms with van der Waals surface area (Å²) in [4.78, 5) is 0. The first-order valence-corrected chi connectivity index (χ1v) is 14.9. The molecule has 6 aromatic carbocycles. The maximum atomic E-state index is 9.80. The molecular weight excluding hydrogens is 523 g/mol. The average Bonchev–Trinajstić information content (AvgIpc) is 3.59. The van der Waals surface area contributed by atoms with Crippen LogP contribution in [-0.2, 0) is 0 Å². The van der Waals surface area contributed by atoms with Gasteiger partial charge in [-0.05, 0) is 69.8 Å². The van der Waals surface area contributed by atoms with E-state index >= 15 is 0 Å². The molecule has 0 aliphatic heterocycles. The van der Waals surface area contributed by atoms with Gasteiger partial charge in [-0.15, -0.1) is 22.7 Å². The SMILES string of the molecule is N#Cc1cccc(-c2c(-c3cccc4sc5ccccc5c34)cccc2-c2cccc3sc4ccccc4c23)c1. The summed E-state index contributed by atoms with van der Waals surface area (Å²) >= 11 is 3.68. The van der Waals surface area contributed by atoms with Crippen LogP contribution in [0.2, 0.25) is 0 Å². The van der Waals surface area contributed by atoms with E-state index in [2.05, 4.69) is 115 Å². The van der Waals surface area contributed by atoms with Crippen molar-refractivity contribution < 1.29 is 0 Å². The Labute approximate surface area is 239 Å². The topological polar surface area (TPSA) is 23.8 Å². The van der Waals surface area contributed by atoms with Crippen molar-refractivity contribution in [2.24, 2.45) is 0 Å². The van der Waals surface area contributed by atoms with Gasteiger partial charge in [0.15, 0.2) is 0 Å². The second-order valence-corrected chi connectivity index (χ2v) is 12.1. The molecule has 2 aromatic heterocycles. The lowest BCUT2D eigenvalue weighted by atomic mass is 9.85. The molecule has 0 bridgehead atoms. The maximum Gasteiger partial charge on any atom is 0.0991 e. The van der Waals surface area contributed by atoms with Crippen molar-refractivity contribution >= 4 is 63.0 Å². The largest absolute Gasteiger partial charge is 0.192 e. The lowest BCUT2D eigenvalue weighted by molar-refractivity contribution is 1.48. The highest BCUT2D eigenvalue weighted by atomic mass is 32.1. The molecule has 186 valence electrons. The second kappa shape index (κ2) is 9.17. The maximum absolute atomic E-state index is 9.80. The van der Waals surface area contributed by atoms with Crippen molar-refractivity contribution in [3.05, 3.63) is 133 Å². The number of rotatable bonds is 3. The molecule has 0 aliphatic rings. The normalized spacial score (nSPS) is 11.5. The van der Waals surface area contributed by atoms with Gasteiger partial charge in [0, 0.05) is 40.3 Å². The highest BCUT2D eigenvalue weighted by Gasteiger charge is 2.20. The average molecular weight is 544 g/mol. The van der Waals surface area contributed by atoms with Crippen molar-refractivity contribution in [1.82, 2.24) is 0 Å². The molecule has 0 N–H and O–H groups in total. The number of nitriles is 1. The molecule has 0 spiro atoms. The fraction of sp³-hybridized carbons (Fsp3) is 0. The summed E-state index contributed by atoms with van der Waals surface area (Å²) in [6.45, 7) is 0. The minimum absolute atomic E-state index is 0.664. The predicted octanol–water partition coefficient (Wildman–Crippen LogP) is 11.3. The van der Waals surface area contributed by atoms with Crippen LogP contribution in [-0.4, -0.2) is 0 Å². The number of hydrogen-bond donors (Lipinski definition) is 0. The molecule has 0 saturated carbocycles. The summed E-state index contributed by atoms with van der Waals surface area (Å²) < 4.78 is 5.16. The van der Waals surface area contributed by atoms with Crippen LogP contribution in [0.4, 0.5) is 0 Å². The summed E-state index contributed by atoms with van der Waals surface area (Å²) in [6.07, 6.45) is 0.